The monoisotopic (exact) mass is 278 g/mol. The lowest BCUT2D eigenvalue weighted by molar-refractivity contribution is -0.118. The highest BCUT2D eigenvalue weighted by Gasteiger charge is 2.07. The third-order valence-corrected chi connectivity index (χ3v) is 2.44. The van der Waals surface area contributed by atoms with Gasteiger partial charge < -0.3 is 15.8 Å². The quantitative estimate of drug-likeness (QED) is 0.845. The molecule has 6 heteroatoms. The van der Waals surface area contributed by atoms with E-state index < -0.39 is 17.5 Å². The zero-order valence-corrected chi connectivity index (χ0v) is 10.4. The Bertz CT molecular complexity index is 612. The van der Waals surface area contributed by atoms with Gasteiger partial charge in [0, 0.05) is 18.2 Å². The Labute approximate surface area is 114 Å². The van der Waals surface area contributed by atoms with Crippen molar-refractivity contribution in [1.82, 2.24) is 0 Å². The Balaban J connectivity index is 1.94. The summed E-state index contributed by atoms with van der Waals surface area (Å²) < 4.78 is 30.8. The van der Waals surface area contributed by atoms with Crippen LogP contribution in [0.4, 0.5) is 20.2 Å². The second-order valence-corrected chi connectivity index (χ2v) is 4.03. The van der Waals surface area contributed by atoms with Crippen LogP contribution in [-0.4, -0.2) is 12.5 Å². The minimum Gasteiger partial charge on any atom is -0.484 e. The fourth-order valence-corrected chi connectivity index (χ4v) is 1.56. The van der Waals surface area contributed by atoms with Gasteiger partial charge in [0.25, 0.3) is 5.91 Å². The number of amides is 1. The van der Waals surface area contributed by atoms with E-state index in [1.165, 1.54) is 0 Å². The van der Waals surface area contributed by atoms with Crippen LogP contribution in [0.3, 0.4) is 0 Å². The van der Waals surface area contributed by atoms with Crippen LogP contribution < -0.4 is 15.8 Å². The van der Waals surface area contributed by atoms with E-state index in [0.29, 0.717) is 11.4 Å². The summed E-state index contributed by atoms with van der Waals surface area (Å²) in [5.41, 5.74) is 6.53. The predicted molar refractivity (Wildman–Crippen MR) is 71.3 cm³/mol. The molecule has 0 heterocycles. The zero-order chi connectivity index (χ0) is 14.5. The van der Waals surface area contributed by atoms with Gasteiger partial charge in [0.15, 0.2) is 6.61 Å². The predicted octanol–water partition coefficient (Wildman–Crippen LogP) is 2.56. The van der Waals surface area contributed by atoms with E-state index in [2.05, 4.69) is 5.32 Å². The standard InChI is InChI=1S/C14H12F2N2O2/c15-9-5-10(16)7-11(6-9)20-8-14(19)18-13-4-2-1-3-12(13)17/h1-7H,8,17H2,(H,18,19). The number of nitrogens with one attached hydrogen (secondary N) is 1. The summed E-state index contributed by atoms with van der Waals surface area (Å²) >= 11 is 0. The van der Waals surface area contributed by atoms with Crippen molar-refractivity contribution in [3.8, 4) is 5.75 Å². The van der Waals surface area contributed by atoms with Crippen LogP contribution >= 0.6 is 0 Å². The SMILES string of the molecule is Nc1ccccc1NC(=O)COc1cc(F)cc(F)c1. The molecule has 0 saturated carbocycles. The molecule has 0 bridgehead atoms. The average molecular weight is 278 g/mol. The van der Waals surface area contributed by atoms with Crippen molar-refractivity contribution in [2.75, 3.05) is 17.7 Å². The largest absolute Gasteiger partial charge is 0.484 e. The molecular weight excluding hydrogens is 266 g/mol. The molecule has 2 aromatic carbocycles. The Morgan fingerprint density at radius 1 is 1.15 bits per heavy atom. The lowest BCUT2D eigenvalue weighted by Crippen LogP contribution is -2.20. The van der Waals surface area contributed by atoms with E-state index in [1.807, 2.05) is 0 Å². The van der Waals surface area contributed by atoms with Crippen molar-refractivity contribution >= 4 is 17.3 Å². The number of benzene rings is 2. The molecule has 0 aromatic heterocycles. The first kappa shape index (κ1) is 13.8. The van der Waals surface area contributed by atoms with Gasteiger partial charge in [-0.3, -0.25) is 4.79 Å². The maximum Gasteiger partial charge on any atom is 0.262 e. The Morgan fingerprint density at radius 3 is 2.45 bits per heavy atom. The third-order valence-electron chi connectivity index (χ3n) is 2.44. The van der Waals surface area contributed by atoms with Crippen molar-refractivity contribution < 1.29 is 18.3 Å². The van der Waals surface area contributed by atoms with Gasteiger partial charge in [-0.05, 0) is 12.1 Å². The van der Waals surface area contributed by atoms with Crippen molar-refractivity contribution in [1.29, 1.82) is 0 Å². The number of hydrogen-bond donors (Lipinski definition) is 2. The molecule has 1 amide bonds. The topological polar surface area (TPSA) is 64.3 Å². The van der Waals surface area contributed by atoms with Crippen LogP contribution in [-0.2, 0) is 4.79 Å². The third kappa shape index (κ3) is 3.68. The highest BCUT2D eigenvalue weighted by Crippen LogP contribution is 2.17. The molecule has 0 unspecified atom stereocenters. The summed E-state index contributed by atoms with van der Waals surface area (Å²) in [6.45, 7) is -0.378. The normalized spacial score (nSPS) is 10.1. The van der Waals surface area contributed by atoms with E-state index in [4.69, 9.17) is 10.5 Å². The Kier molecular flexibility index (Phi) is 4.14. The molecule has 20 heavy (non-hydrogen) atoms. The van der Waals surface area contributed by atoms with Crippen LogP contribution in [0, 0.1) is 11.6 Å². The second kappa shape index (κ2) is 6.01. The first-order chi connectivity index (χ1) is 9.54. The maximum atomic E-state index is 12.9. The number of rotatable bonds is 4. The maximum absolute atomic E-state index is 12.9. The fraction of sp³-hybridized carbons (Fsp3) is 0.0714. The smallest absolute Gasteiger partial charge is 0.262 e. The van der Waals surface area contributed by atoms with E-state index in [0.717, 1.165) is 18.2 Å². The Hall–Kier alpha value is -2.63. The van der Waals surface area contributed by atoms with Gasteiger partial charge in [-0.15, -0.1) is 0 Å². The molecule has 0 fully saturated rings. The van der Waals surface area contributed by atoms with Crippen molar-refractivity contribution in [3.05, 3.63) is 54.1 Å². The van der Waals surface area contributed by atoms with E-state index in [-0.39, 0.29) is 12.4 Å². The first-order valence-electron chi connectivity index (χ1n) is 5.78. The van der Waals surface area contributed by atoms with Crippen LogP contribution in [0.15, 0.2) is 42.5 Å². The van der Waals surface area contributed by atoms with Crippen LogP contribution in [0.2, 0.25) is 0 Å². The molecule has 0 spiro atoms. The van der Waals surface area contributed by atoms with Crippen molar-refractivity contribution in [3.63, 3.8) is 0 Å². The number of nitrogen functional groups attached to an aromatic ring is 1. The van der Waals surface area contributed by atoms with E-state index >= 15 is 0 Å². The molecule has 2 aromatic rings. The molecular formula is C14H12F2N2O2. The van der Waals surface area contributed by atoms with Crippen molar-refractivity contribution in [2.45, 2.75) is 0 Å². The minimum absolute atomic E-state index is 0.0568. The first-order valence-corrected chi connectivity index (χ1v) is 5.78. The number of anilines is 2. The summed E-state index contributed by atoms with van der Waals surface area (Å²) in [5.74, 6) is -2.08. The molecule has 0 saturated heterocycles. The van der Waals surface area contributed by atoms with Crippen LogP contribution in [0.1, 0.15) is 0 Å². The van der Waals surface area contributed by atoms with E-state index in [9.17, 15) is 13.6 Å². The number of hydrogen-bond acceptors (Lipinski definition) is 3. The number of para-hydroxylation sites is 2. The highest BCUT2D eigenvalue weighted by atomic mass is 19.1. The van der Waals surface area contributed by atoms with Gasteiger partial charge in [-0.25, -0.2) is 8.78 Å². The number of carbonyl (C=O) groups excluding carboxylic acids is 1. The van der Waals surface area contributed by atoms with Gasteiger partial charge in [0.2, 0.25) is 0 Å². The molecule has 104 valence electrons. The molecule has 3 N–H and O–H groups in total. The highest BCUT2D eigenvalue weighted by molar-refractivity contribution is 5.94. The molecule has 4 nitrogen and oxygen atoms in total. The van der Waals surface area contributed by atoms with Gasteiger partial charge in [0.1, 0.15) is 17.4 Å². The van der Waals surface area contributed by atoms with Crippen LogP contribution in [0.25, 0.3) is 0 Å². The number of halogens is 2. The fourth-order valence-electron chi connectivity index (χ4n) is 1.56. The molecule has 0 aliphatic carbocycles. The van der Waals surface area contributed by atoms with Gasteiger partial charge in [0.05, 0.1) is 11.4 Å². The summed E-state index contributed by atoms with van der Waals surface area (Å²) in [7, 11) is 0. The Morgan fingerprint density at radius 2 is 1.80 bits per heavy atom. The van der Waals surface area contributed by atoms with Gasteiger partial charge >= 0.3 is 0 Å². The molecule has 0 aliphatic heterocycles. The summed E-state index contributed by atoms with van der Waals surface area (Å²) in [6, 6.07) is 9.43. The van der Waals surface area contributed by atoms with Crippen LogP contribution in [0.5, 0.6) is 5.75 Å². The lowest BCUT2D eigenvalue weighted by Gasteiger charge is -2.09. The second-order valence-electron chi connectivity index (χ2n) is 4.03. The summed E-state index contributed by atoms with van der Waals surface area (Å²) in [6.07, 6.45) is 0. The summed E-state index contributed by atoms with van der Waals surface area (Å²) in [4.78, 5) is 11.6. The van der Waals surface area contributed by atoms with Gasteiger partial charge in [-0.2, -0.15) is 0 Å². The molecule has 0 radical (unpaired) electrons. The molecule has 0 aliphatic rings. The molecule has 2 rings (SSSR count). The minimum atomic E-state index is -0.771. The average Bonchev–Trinajstić information content (AvgIpc) is 2.38. The number of carbonyl (C=O) groups is 1. The van der Waals surface area contributed by atoms with Crippen molar-refractivity contribution in [2.24, 2.45) is 0 Å². The number of nitrogens with two attached hydrogens (primary N) is 1. The zero-order valence-electron chi connectivity index (χ0n) is 10.4. The lowest BCUT2D eigenvalue weighted by atomic mass is 10.2. The van der Waals surface area contributed by atoms with Gasteiger partial charge in [-0.1, -0.05) is 12.1 Å². The number of ether oxygens (including phenoxy) is 1. The summed E-state index contributed by atoms with van der Waals surface area (Å²) in [5, 5.41) is 2.53. The molecule has 0 atom stereocenters. The van der Waals surface area contributed by atoms with E-state index in [1.54, 1.807) is 24.3 Å².